The lowest BCUT2D eigenvalue weighted by atomic mass is 10.2. The zero-order valence-corrected chi connectivity index (χ0v) is 11.5. The first-order chi connectivity index (χ1) is 9.40. The van der Waals surface area contributed by atoms with Crippen molar-refractivity contribution in [3.05, 3.63) is 29.8 Å². The van der Waals surface area contributed by atoms with Crippen LogP contribution in [-0.2, 0) is 19.0 Å². The third-order valence-corrected chi connectivity index (χ3v) is 3.27. The van der Waals surface area contributed by atoms with Crippen LogP contribution in [0.15, 0.2) is 24.3 Å². The van der Waals surface area contributed by atoms with E-state index in [0.717, 1.165) is 6.26 Å². The van der Waals surface area contributed by atoms with Crippen LogP contribution in [0.1, 0.15) is 5.56 Å². The number of benzene rings is 1. The van der Waals surface area contributed by atoms with Gasteiger partial charge in [0.25, 0.3) is 10.1 Å². The third kappa shape index (κ3) is 3.26. The van der Waals surface area contributed by atoms with Gasteiger partial charge in [0, 0.05) is 5.69 Å². The molecule has 1 aromatic carbocycles. The van der Waals surface area contributed by atoms with Gasteiger partial charge >= 0.3 is 6.09 Å². The van der Waals surface area contributed by atoms with Gasteiger partial charge in [0.1, 0.15) is 6.61 Å². The molecule has 1 amide bonds. The molecule has 1 aromatic rings. The maximum absolute atomic E-state index is 11.7. The van der Waals surface area contributed by atoms with Gasteiger partial charge in [-0.2, -0.15) is 13.7 Å². The molecule has 0 N–H and O–H groups in total. The molecule has 1 aliphatic rings. The zero-order chi connectivity index (χ0) is 14.8. The second kappa shape index (κ2) is 5.48. The smallest absolute Gasteiger partial charge is 0.414 e. The van der Waals surface area contributed by atoms with Crippen LogP contribution in [0.5, 0.6) is 0 Å². The number of carbonyl (C=O) groups is 1. The van der Waals surface area contributed by atoms with Crippen molar-refractivity contribution in [3.8, 4) is 6.07 Å². The Hall–Kier alpha value is -2.11. The average molecular weight is 296 g/mol. The Morgan fingerprint density at radius 3 is 2.65 bits per heavy atom. The lowest BCUT2D eigenvalue weighted by Gasteiger charge is -2.20. The first kappa shape index (κ1) is 14.3. The lowest BCUT2D eigenvalue weighted by Crippen LogP contribution is -2.37. The van der Waals surface area contributed by atoms with Gasteiger partial charge in [-0.3, -0.25) is 9.08 Å². The maximum Gasteiger partial charge on any atom is 0.414 e. The summed E-state index contributed by atoms with van der Waals surface area (Å²) in [7, 11) is -3.58. The highest BCUT2D eigenvalue weighted by atomic mass is 32.2. The fourth-order valence-corrected chi connectivity index (χ4v) is 2.20. The number of hydrogen-bond acceptors (Lipinski definition) is 6. The Balaban J connectivity index is 2.17. The number of ether oxygens (including phenoxy) is 1. The van der Waals surface area contributed by atoms with Crippen molar-refractivity contribution in [1.29, 1.82) is 5.26 Å². The van der Waals surface area contributed by atoms with E-state index in [9.17, 15) is 13.2 Å². The number of nitriles is 1. The molecule has 1 saturated heterocycles. The fourth-order valence-electron chi connectivity index (χ4n) is 1.80. The summed E-state index contributed by atoms with van der Waals surface area (Å²) in [6, 6.07) is 7.77. The molecule has 106 valence electrons. The number of carbonyl (C=O) groups excluding carboxylic acids is 1. The predicted octanol–water partition coefficient (Wildman–Crippen LogP) is 0.860. The quantitative estimate of drug-likeness (QED) is 0.764. The summed E-state index contributed by atoms with van der Waals surface area (Å²) in [5.41, 5.74) is 0.985. The Bertz CT molecular complexity index is 647. The van der Waals surface area contributed by atoms with E-state index >= 15 is 0 Å². The van der Waals surface area contributed by atoms with Crippen LogP contribution in [0, 0.1) is 11.3 Å². The standard InChI is InChI=1S/C12H12N2O5S/c1-20(16,17)19-8-11-7-18-12(15)14(11)10-4-2-9(6-13)3-5-10/h2-5,11H,7-8H2,1H3. The molecule has 1 aliphatic heterocycles. The lowest BCUT2D eigenvalue weighted by molar-refractivity contribution is 0.175. The summed E-state index contributed by atoms with van der Waals surface area (Å²) in [5.74, 6) is 0. The van der Waals surface area contributed by atoms with Crippen LogP contribution < -0.4 is 4.90 Å². The van der Waals surface area contributed by atoms with Gasteiger partial charge in [-0.25, -0.2) is 4.79 Å². The molecular formula is C12H12N2O5S. The molecule has 0 bridgehead atoms. The molecule has 2 rings (SSSR count). The first-order valence-electron chi connectivity index (χ1n) is 5.71. The molecule has 0 aromatic heterocycles. The minimum Gasteiger partial charge on any atom is -0.447 e. The van der Waals surface area contributed by atoms with Crippen molar-refractivity contribution >= 4 is 21.9 Å². The van der Waals surface area contributed by atoms with Crippen molar-refractivity contribution in [1.82, 2.24) is 0 Å². The van der Waals surface area contributed by atoms with E-state index in [2.05, 4.69) is 0 Å². The minimum absolute atomic E-state index is 0.0500. The maximum atomic E-state index is 11.7. The predicted molar refractivity (Wildman–Crippen MR) is 69.6 cm³/mol. The summed E-state index contributed by atoms with van der Waals surface area (Å²) >= 11 is 0. The van der Waals surface area contributed by atoms with Crippen LogP contribution in [0.3, 0.4) is 0 Å². The molecule has 1 unspecified atom stereocenters. The van der Waals surface area contributed by atoms with E-state index in [-0.39, 0.29) is 13.2 Å². The molecule has 8 heteroatoms. The molecule has 0 spiro atoms. The topological polar surface area (TPSA) is 96.7 Å². The van der Waals surface area contributed by atoms with Gasteiger partial charge in [-0.15, -0.1) is 0 Å². The van der Waals surface area contributed by atoms with E-state index in [1.807, 2.05) is 6.07 Å². The number of amides is 1. The van der Waals surface area contributed by atoms with Crippen molar-refractivity contribution in [2.24, 2.45) is 0 Å². The van der Waals surface area contributed by atoms with E-state index in [4.69, 9.17) is 14.2 Å². The average Bonchev–Trinajstić information content (AvgIpc) is 2.77. The van der Waals surface area contributed by atoms with Crippen LogP contribution in [0.4, 0.5) is 10.5 Å². The molecule has 0 radical (unpaired) electrons. The van der Waals surface area contributed by atoms with Crippen molar-refractivity contribution in [3.63, 3.8) is 0 Å². The second-order valence-corrected chi connectivity index (χ2v) is 5.89. The van der Waals surface area contributed by atoms with Crippen molar-refractivity contribution in [2.45, 2.75) is 6.04 Å². The number of nitrogens with zero attached hydrogens (tertiary/aromatic N) is 2. The third-order valence-electron chi connectivity index (χ3n) is 2.71. The van der Waals surface area contributed by atoms with E-state index in [1.54, 1.807) is 24.3 Å². The van der Waals surface area contributed by atoms with Crippen molar-refractivity contribution in [2.75, 3.05) is 24.4 Å². The van der Waals surface area contributed by atoms with Gasteiger partial charge in [0.15, 0.2) is 0 Å². The SMILES string of the molecule is CS(=O)(=O)OCC1COC(=O)N1c1ccc(C#N)cc1. The number of hydrogen-bond donors (Lipinski definition) is 0. The summed E-state index contributed by atoms with van der Waals surface area (Å²) in [5, 5.41) is 8.73. The molecular weight excluding hydrogens is 284 g/mol. The monoisotopic (exact) mass is 296 g/mol. The molecule has 0 aliphatic carbocycles. The second-order valence-electron chi connectivity index (χ2n) is 4.25. The largest absolute Gasteiger partial charge is 0.447 e. The summed E-state index contributed by atoms with van der Waals surface area (Å²) in [6.07, 6.45) is 0.369. The Kier molecular flexibility index (Phi) is 3.92. The Morgan fingerprint density at radius 1 is 1.45 bits per heavy atom. The normalized spacial score (nSPS) is 18.7. The Morgan fingerprint density at radius 2 is 2.10 bits per heavy atom. The zero-order valence-electron chi connectivity index (χ0n) is 10.6. The van der Waals surface area contributed by atoms with E-state index < -0.39 is 22.3 Å². The van der Waals surface area contributed by atoms with Crippen LogP contribution in [-0.4, -0.2) is 40.0 Å². The number of anilines is 1. The van der Waals surface area contributed by atoms with E-state index in [1.165, 1.54) is 4.90 Å². The van der Waals surface area contributed by atoms with Gasteiger partial charge in [-0.1, -0.05) is 0 Å². The summed E-state index contributed by atoms with van der Waals surface area (Å²) < 4.78 is 31.6. The van der Waals surface area contributed by atoms with Gasteiger partial charge in [0.2, 0.25) is 0 Å². The highest BCUT2D eigenvalue weighted by Crippen LogP contribution is 2.23. The Labute approximate surface area is 116 Å². The van der Waals surface area contributed by atoms with Gasteiger partial charge in [-0.05, 0) is 24.3 Å². The molecule has 1 fully saturated rings. The fraction of sp³-hybridized carbons (Fsp3) is 0.333. The molecule has 20 heavy (non-hydrogen) atoms. The van der Waals surface area contributed by atoms with Crippen LogP contribution in [0.25, 0.3) is 0 Å². The number of cyclic esters (lactones) is 1. The summed E-state index contributed by atoms with van der Waals surface area (Å²) in [6.45, 7) is -0.126. The number of rotatable bonds is 4. The van der Waals surface area contributed by atoms with Crippen LogP contribution >= 0.6 is 0 Å². The molecule has 1 heterocycles. The highest BCUT2D eigenvalue weighted by molar-refractivity contribution is 7.85. The van der Waals surface area contributed by atoms with Crippen molar-refractivity contribution < 1.29 is 22.1 Å². The highest BCUT2D eigenvalue weighted by Gasteiger charge is 2.35. The molecule has 7 nitrogen and oxygen atoms in total. The minimum atomic E-state index is -3.58. The molecule has 0 saturated carbocycles. The van der Waals surface area contributed by atoms with E-state index in [0.29, 0.717) is 11.3 Å². The van der Waals surface area contributed by atoms with Gasteiger partial charge < -0.3 is 4.74 Å². The van der Waals surface area contributed by atoms with Gasteiger partial charge in [0.05, 0.1) is 30.5 Å². The first-order valence-corrected chi connectivity index (χ1v) is 7.53. The van der Waals surface area contributed by atoms with Crippen LogP contribution in [0.2, 0.25) is 0 Å². The molecule has 1 atom stereocenters. The summed E-state index contributed by atoms with van der Waals surface area (Å²) in [4.78, 5) is 13.0.